The molecule has 0 bridgehead atoms. The lowest BCUT2D eigenvalue weighted by Gasteiger charge is -2.34. The largest absolute Gasteiger partial charge is 0.469 e. The van der Waals surface area contributed by atoms with Crippen LogP contribution in [-0.4, -0.2) is 31.9 Å². The van der Waals surface area contributed by atoms with E-state index in [1.165, 1.54) is 14.2 Å². The summed E-state index contributed by atoms with van der Waals surface area (Å²) in [6, 6.07) is 5.62. The van der Waals surface area contributed by atoms with Gasteiger partial charge in [-0.2, -0.15) is 0 Å². The first-order valence-corrected chi connectivity index (χ1v) is 9.11. The molecular weight excluding hydrogens is 332 g/mol. The molecule has 2 rings (SSSR count). The molecule has 26 heavy (non-hydrogen) atoms. The average Bonchev–Trinajstić information content (AvgIpc) is 2.63. The number of carbonyl (C=O) groups is 3. The molecule has 0 aliphatic heterocycles. The highest BCUT2D eigenvalue weighted by Crippen LogP contribution is 2.42. The van der Waals surface area contributed by atoms with Gasteiger partial charge in [-0.3, -0.25) is 14.4 Å². The second-order valence-electron chi connectivity index (χ2n) is 7.29. The second kappa shape index (κ2) is 8.47. The number of esters is 2. The molecule has 1 aromatic carbocycles. The highest BCUT2D eigenvalue weighted by atomic mass is 16.5. The number of aryl methyl sites for hydroxylation is 2. The molecule has 0 saturated heterocycles. The summed E-state index contributed by atoms with van der Waals surface area (Å²) in [5, 5.41) is 0. The summed E-state index contributed by atoms with van der Waals surface area (Å²) >= 11 is 0. The van der Waals surface area contributed by atoms with Crippen LogP contribution in [-0.2, 0) is 23.9 Å². The lowest BCUT2D eigenvalue weighted by molar-refractivity contribution is -0.159. The predicted molar refractivity (Wildman–Crippen MR) is 97.8 cm³/mol. The molecule has 0 aromatic heterocycles. The molecular formula is C21H28O5. The van der Waals surface area contributed by atoms with E-state index in [1.807, 2.05) is 26.0 Å². The van der Waals surface area contributed by atoms with Crippen molar-refractivity contribution < 1.29 is 23.9 Å². The third kappa shape index (κ3) is 4.14. The van der Waals surface area contributed by atoms with Gasteiger partial charge in [0.25, 0.3) is 0 Å². The van der Waals surface area contributed by atoms with Gasteiger partial charge in [-0.25, -0.2) is 0 Å². The molecule has 1 unspecified atom stereocenters. The number of ketones is 1. The zero-order valence-corrected chi connectivity index (χ0v) is 16.1. The van der Waals surface area contributed by atoms with Gasteiger partial charge in [0.05, 0.1) is 19.6 Å². The second-order valence-corrected chi connectivity index (χ2v) is 7.29. The summed E-state index contributed by atoms with van der Waals surface area (Å²) in [5.41, 5.74) is 1.74. The first kappa shape index (κ1) is 20.1. The van der Waals surface area contributed by atoms with Crippen LogP contribution in [0.15, 0.2) is 18.2 Å². The Morgan fingerprint density at radius 2 is 1.69 bits per heavy atom. The first-order valence-electron chi connectivity index (χ1n) is 9.11. The molecule has 0 amide bonds. The fourth-order valence-electron chi connectivity index (χ4n) is 4.03. The number of rotatable bonds is 6. The van der Waals surface area contributed by atoms with Crippen molar-refractivity contribution in [2.24, 2.45) is 5.41 Å². The number of hydrogen-bond donors (Lipinski definition) is 0. The number of Topliss-reactive ketones (excluding diaryl/α,β-unsaturated/α-hetero) is 1. The van der Waals surface area contributed by atoms with Crippen LogP contribution in [0, 0.1) is 19.3 Å². The van der Waals surface area contributed by atoms with E-state index in [2.05, 4.69) is 0 Å². The molecule has 0 N–H and O–H groups in total. The van der Waals surface area contributed by atoms with Crippen molar-refractivity contribution in [2.75, 3.05) is 14.2 Å². The van der Waals surface area contributed by atoms with Crippen LogP contribution in [0.4, 0.5) is 0 Å². The molecule has 142 valence electrons. The van der Waals surface area contributed by atoms with E-state index >= 15 is 0 Å². The Kier molecular flexibility index (Phi) is 6.57. The summed E-state index contributed by atoms with van der Waals surface area (Å²) in [6.07, 6.45) is 4.05. The maximum atomic E-state index is 13.2. The quantitative estimate of drug-likeness (QED) is 0.572. The Bertz CT molecular complexity index is 686. The van der Waals surface area contributed by atoms with Crippen molar-refractivity contribution in [3.8, 4) is 0 Å². The predicted octanol–water partition coefficient (Wildman–Crippen LogP) is 3.64. The van der Waals surface area contributed by atoms with Crippen LogP contribution < -0.4 is 0 Å². The molecule has 1 atom stereocenters. The molecule has 5 heteroatoms. The zero-order chi connectivity index (χ0) is 19.3. The van der Waals surface area contributed by atoms with Crippen molar-refractivity contribution in [1.29, 1.82) is 0 Å². The normalized spacial score (nSPS) is 17.2. The van der Waals surface area contributed by atoms with E-state index in [1.54, 1.807) is 6.07 Å². The average molecular weight is 360 g/mol. The van der Waals surface area contributed by atoms with Gasteiger partial charge in [-0.15, -0.1) is 0 Å². The smallest absolute Gasteiger partial charge is 0.320 e. The standard InChI is InChI=1S/C21H28O5/c1-14-8-9-16(15(2)12-14)18(19(23)25-3)17(22)13-21(20(24)26-4)10-6-5-7-11-21/h8-9,12,18H,5-7,10-11,13H2,1-4H3. The Hall–Kier alpha value is -2.17. The number of hydrogen-bond acceptors (Lipinski definition) is 5. The maximum Gasteiger partial charge on any atom is 0.320 e. The van der Waals surface area contributed by atoms with E-state index in [9.17, 15) is 14.4 Å². The van der Waals surface area contributed by atoms with Crippen LogP contribution in [0.3, 0.4) is 0 Å². The lowest BCUT2D eigenvalue weighted by atomic mass is 9.69. The molecule has 0 heterocycles. The van der Waals surface area contributed by atoms with Gasteiger partial charge in [-0.05, 0) is 37.8 Å². The Morgan fingerprint density at radius 1 is 1.04 bits per heavy atom. The molecule has 1 aliphatic rings. The van der Waals surface area contributed by atoms with Gasteiger partial charge in [0.2, 0.25) is 0 Å². The fourth-order valence-corrected chi connectivity index (χ4v) is 4.03. The van der Waals surface area contributed by atoms with E-state index < -0.39 is 17.3 Å². The molecule has 1 aromatic rings. The van der Waals surface area contributed by atoms with Crippen molar-refractivity contribution in [2.45, 2.75) is 58.3 Å². The van der Waals surface area contributed by atoms with Gasteiger partial charge >= 0.3 is 11.9 Å². The van der Waals surface area contributed by atoms with Crippen LogP contribution in [0.5, 0.6) is 0 Å². The molecule has 0 radical (unpaired) electrons. The van der Waals surface area contributed by atoms with Crippen LogP contribution in [0.25, 0.3) is 0 Å². The molecule has 0 spiro atoms. The minimum absolute atomic E-state index is 0.00670. The fraction of sp³-hybridized carbons (Fsp3) is 0.571. The van der Waals surface area contributed by atoms with Crippen LogP contribution in [0.1, 0.15) is 61.1 Å². The van der Waals surface area contributed by atoms with Crippen LogP contribution >= 0.6 is 0 Å². The number of benzene rings is 1. The van der Waals surface area contributed by atoms with Crippen molar-refractivity contribution in [3.63, 3.8) is 0 Å². The van der Waals surface area contributed by atoms with Crippen molar-refractivity contribution in [3.05, 3.63) is 34.9 Å². The minimum Gasteiger partial charge on any atom is -0.469 e. The van der Waals surface area contributed by atoms with E-state index in [-0.39, 0.29) is 18.2 Å². The summed E-state index contributed by atoms with van der Waals surface area (Å²) in [7, 11) is 2.63. The molecule has 1 saturated carbocycles. The molecule has 5 nitrogen and oxygen atoms in total. The van der Waals surface area contributed by atoms with Gasteiger partial charge < -0.3 is 9.47 Å². The third-order valence-electron chi connectivity index (χ3n) is 5.44. The third-order valence-corrected chi connectivity index (χ3v) is 5.44. The summed E-state index contributed by atoms with van der Waals surface area (Å²) < 4.78 is 9.90. The van der Waals surface area contributed by atoms with Crippen molar-refractivity contribution in [1.82, 2.24) is 0 Å². The van der Waals surface area contributed by atoms with Crippen molar-refractivity contribution >= 4 is 17.7 Å². The van der Waals surface area contributed by atoms with Gasteiger partial charge in [0.15, 0.2) is 5.78 Å². The summed E-state index contributed by atoms with van der Waals surface area (Å²) in [4.78, 5) is 38.0. The Balaban J connectivity index is 2.37. The molecule has 1 aliphatic carbocycles. The molecule has 1 fully saturated rings. The van der Waals surface area contributed by atoms with E-state index in [0.717, 1.165) is 30.4 Å². The van der Waals surface area contributed by atoms with Gasteiger partial charge in [0, 0.05) is 6.42 Å². The Morgan fingerprint density at radius 3 is 2.23 bits per heavy atom. The topological polar surface area (TPSA) is 69.7 Å². The maximum absolute atomic E-state index is 13.2. The SMILES string of the molecule is COC(=O)C(C(=O)CC1(C(=O)OC)CCCCC1)c1ccc(C)cc1C. The lowest BCUT2D eigenvalue weighted by Crippen LogP contribution is -2.39. The Labute approximate surface area is 155 Å². The number of carbonyl (C=O) groups excluding carboxylic acids is 3. The van der Waals surface area contributed by atoms with Crippen LogP contribution in [0.2, 0.25) is 0 Å². The van der Waals surface area contributed by atoms with E-state index in [0.29, 0.717) is 18.4 Å². The highest BCUT2D eigenvalue weighted by Gasteiger charge is 2.45. The number of ether oxygens (including phenoxy) is 2. The monoisotopic (exact) mass is 360 g/mol. The summed E-state index contributed by atoms with van der Waals surface area (Å²) in [5.74, 6) is -2.23. The van der Waals surface area contributed by atoms with E-state index in [4.69, 9.17) is 9.47 Å². The van der Waals surface area contributed by atoms with Gasteiger partial charge in [0.1, 0.15) is 5.92 Å². The number of methoxy groups -OCH3 is 2. The van der Waals surface area contributed by atoms with Gasteiger partial charge in [-0.1, -0.05) is 43.0 Å². The highest BCUT2D eigenvalue weighted by molar-refractivity contribution is 6.06. The first-order chi connectivity index (χ1) is 12.3. The zero-order valence-electron chi connectivity index (χ0n) is 16.1. The summed E-state index contributed by atoms with van der Waals surface area (Å²) in [6.45, 7) is 3.84. The minimum atomic E-state index is -1.01.